The summed E-state index contributed by atoms with van der Waals surface area (Å²) in [4.78, 5) is 0. The van der Waals surface area contributed by atoms with E-state index in [4.69, 9.17) is 9.47 Å². The van der Waals surface area contributed by atoms with Gasteiger partial charge < -0.3 is 19.9 Å². The molecule has 2 N–H and O–H groups in total. The summed E-state index contributed by atoms with van der Waals surface area (Å²) in [6, 6.07) is 8.00. The molecular weight excluding hydrogens is 218 g/mol. The van der Waals surface area contributed by atoms with E-state index in [-0.39, 0.29) is 18.1 Å². The van der Waals surface area contributed by atoms with Crippen molar-refractivity contribution in [2.75, 3.05) is 34.0 Å². The molecule has 0 aliphatic carbocycles. The number of hydrogen-bond donors (Lipinski definition) is 2. The van der Waals surface area contributed by atoms with Crippen molar-refractivity contribution in [1.29, 1.82) is 0 Å². The number of benzene rings is 1. The maximum atomic E-state index is 9.57. The van der Waals surface area contributed by atoms with Crippen LogP contribution in [-0.4, -0.2) is 39.1 Å². The number of aliphatic hydroxyl groups is 1. The average molecular weight is 237 g/mol. The first-order chi connectivity index (χ1) is 8.25. The molecule has 0 saturated carbocycles. The first-order valence-electron chi connectivity index (χ1n) is 5.75. The van der Waals surface area contributed by atoms with Crippen LogP contribution in [0.15, 0.2) is 24.3 Å². The van der Waals surface area contributed by atoms with Gasteiger partial charge in [-0.1, -0.05) is 12.1 Å². The normalized spacial score (nSPS) is 19.5. The lowest BCUT2D eigenvalue weighted by Crippen LogP contribution is -2.53. The van der Waals surface area contributed by atoms with Gasteiger partial charge in [0, 0.05) is 6.04 Å². The third kappa shape index (κ3) is 2.16. The average Bonchev–Trinajstić information content (AvgIpc) is 2.33. The molecule has 17 heavy (non-hydrogen) atoms. The van der Waals surface area contributed by atoms with Gasteiger partial charge in [-0.3, -0.25) is 0 Å². The molecule has 94 valence electrons. The van der Waals surface area contributed by atoms with Gasteiger partial charge in [0.1, 0.15) is 5.75 Å². The highest BCUT2D eigenvalue weighted by Gasteiger charge is 2.45. The quantitative estimate of drug-likeness (QED) is 0.801. The van der Waals surface area contributed by atoms with Gasteiger partial charge in [-0.2, -0.15) is 0 Å². The maximum absolute atomic E-state index is 9.57. The van der Waals surface area contributed by atoms with E-state index in [1.54, 1.807) is 7.11 Å². The number of rotatable bonds is 5. The topological polar surface area (TPSA) is 50.7 Å². The lowest BCUT2D eigenvalue weighted by Gasteiger charge is -2.46. The molecule has 0 amide bonds. The summed E-state index contributed by atoms with van der Waals surface area (Å²) in [5, 5.41) is 12.8. The van der Waals surface area contributed by atoms with Crippen LogP contribution in [0, 0.1) is 5.41 Å². The Labute approximate surface area is 102 Å². The fourth-order valence-electron chi connectivity index (χ4n) is 2.36. The van der Waals surface area contributed by atoms with Crippen molar-refractivity contribution in [3.05, 3.63) is 29.8 Å². The minimum absolute atomic E-state index is 0.0800. The van der Waals surface area contributed by atoms with Crippen molar-refractivity contribution < 1.29 is 14.6 Å². The van der Waals surface area contributed by atoms with E-state index in [0.29, 0.717) is 13.2 Å². The van der Waals surface area contributed by atoms with Gasteiger partial charge in [0.15, 0.2) is 0 Å². The van der Waals surface area contributed by atoms with Crippen LogP contribution < -0.4 is 10.1 Å². The lowest BCUT2D eigenvalue weighted by molar-refractivity contribution is -0.155. The summed E-state index contributed by atoms with van der Waals surface area (Å²) in [5.41, 5.74) is 0.908. The molecule has 1 fully saturated rings. The Morgan fingerprint density at radius 3 is 2.76 bits per heavy atom. The Morgan fingerprint density at radius 2 is 2.29 bits per heavy atom. The minimum Gasteiger partial charge on any atom is -0.497 e. The van der Waals surface area contributed by atoms with Crippen LogP contribution in [-0.2, 0) is 4.74 Å². The van der Waals surface area contributed by atoms with E-state index in [2.05, 4.69) is 5.32 Å². The Kier molecular flexibility index (Phi) is 3.66. The highest BCUT2D eigenvalue weighted by atomic mass is 16.5. The second-order valence-electron chi connectivity index (χ2n) is 4.51. The van der Waals surface area contributed by atoms with Gasteiger partial charge in [-0.25, -0.2) is 0 Å². The van der Waals surface area contributed by atoms with E-state index < -0.39 is 0 Å². The molecule has 1 aliphatic rings. The van der Waals surface area contributed by atoms with Crippen LogP contribution in [0.1, 0.15) is 11.6 Å². The Hall–Kier alpha value is -1.10. The van der Waals surface area contributed by atoms with Crippen LogP contribution in [0.4, 0.5) is 0 Å². The second-order valence-corrected chi connectivity index (χ2v) is 4.51. The summed E-state index contributed by atoms with van der Waals surface area (Å²) in [5.74, 6) is 0.830. The van der Waals surface area contributed by atoms with Gasteiger partial charge in [0.25, 0.3) is 0 Å². The van der Waals surface area contributed by atoms with Gasteiger partial charge >= 0.3 is 0 Å². The molecule has 4 heteroatoms. The third-order valence-electron chi connectivity index (χ3n) is 3.42. The highest BCUT2D eigenvalue weighted by Crippen LogP contribution is 2.40. The Bertz CT molecular complexity index is 371. The molecule has 0 bridgehead atoms. The van der Waals surface area contributed by atoms with Crippen LogP contribution in [0.25, 0.3) is 0 Å². The predicted octanol–water partition coefficient (Wildman–Crippen LogP) is 0.965. The zero-order valence-corrected chi connectivity index (χ0v) is 10.3. The number of aliphatic hydroxyl groups excluding tert-OH is 1. The Morgan fingerprint density at radius 1 is 1.53 bits per heavy atom. The molecule has 0 aromatic heterocycles. The molecular formula is C13H19NO3. The molecule has 0 spiro atoms. The summed E-state index contributed by atoms with van der Waals surface area (Å²) in [7, 11) is 3.56. The number of ether oxygens (including phenoxy) is 2. The van der Waals surface area contributed by atoms with Crippen LogP contribution in [0.2, 0.25) is 0 Å². The van der Waals surface area contributed by atoms with Crippen molar-refractivity contribution in [2.24, 2.45) is 5.41 Å². The summed E-state index contributed by atoms with van der Waals surface area (Å²) in [6.07, 6.45) is 0. The van der Waals surface area contributed by atoms with E-state index >= 15 is 0 Å². The van der Waals surface area contributed by atoms with Crippen molar-refractivity contribution >= 4 is 0 Å². The van der Waals surface area contributed by atoms with Crippen molar-refractivity contribution in [3.8, 4) is 5.75 Å². The van der Waals surface area contributed by atoms with Crippen LogP contribution in [0.5, 0.6) is 5.75 Å². The zero-order chi connectivity index (χ0) is 12.3. The maximum Gasteiger partial charge on any atom is 0.119 e. The molecule has 1 unspecified atom stereocenters. The fraction of sp³-hybridized carbons (Fsp3) is 0.538. The zero-order valence-electron chi connectivity index (χ0n) is 10.3. The van der Waals surface area contributed by atoms with Crippen molar-refractivity contribution in [2.45, 2.75) is 6.04 Å². The predicted molar refractivity (Wildman–Crippen MR) is 65.1 cm³/mol. The molecule has 1 aromatic rings. The largest absolute Gasteiger partial charge is 0.497 e. The molecule has 1 heterocycles. The molecule has 1 atom stereocenters. The Balaban J connectivity index is 2.28. The van der Waals surface area contributed by atoms with Gasteiger partial charge in [0.2, 0.25) is 0 Å². The summed E-state index contributed by atoms with van der Waals surface area (Å²) < 4.78 is 10.5. The smallest absolute Gasteiger partial charge is 0.119 e. The molecule has 4 nitrogen and oxygen atoms in total. The highest BCUT2D eigenvalue weighted by molar-refractivity contribution is 5.32. The van der Waals surface area contributed by atoms with Gasteiger partial charge in [0.05, 0.1) is 32.3 Å². The van der Waals surface area contributed by atoms with Gasteiger partial charge in [-0.15, -0.1) is 0 Å². The third-order valence-corrected chi connectivity index (χ3v) is 3.42. The molecule has 0 radical (unpaired) electrons. The van der Waals surface area contributed by atoms with E-state index in [1.165, 1.54) is 0 Å². The number of methoxy groups -OCH3 is 1. The fourth-order valence-corrected chi connectivity index (χ4v) is 2.36. The van der Waals surface area contributed by atoms with Crippen molar-refractivity contribution in [3.63, 3.8) is 0 Å². The molecule has 2 rings (SSSR count). The van der Waals surface area contributed by atoms with Crippen LogP contribution in [0.3, 0.4) is 0 Å². The SMILES string of the molecule is CNC(c1cccc(OC)c1)C1(CO)COC1. The second kappa shape index (κ2) is 5.04. The van der Waals surface area contributed by atoms with Gasteiger partial charge in [-0.05, 0) is 24.7 Å². The van der Waals surface area contributed by atoms with Crippen molar-refractivity contribution in [1.82, 2.24) is 5.32 Å². The monoisotopic (exact) mass is 237 g/mol. The first-order valence-corrected chi connectivity index (χ1v) is 5.75. The lowest BCUT2D eigenvalue weighted by atomic mass is 9.76. The van der Waals surface area contributed by atoms with E-state index in [0.717, 1.165) is 11.3 Å². The first kappa shape index (κ1) is 12.4. The summed E-state index contributed by atoms with van der Waals surface area (Å²) in [6.45, 7) is 1.30. The molecule has 1 saturated heterocycles. The molecule has 1 aromatic carbocycles. The number of nitrogens with one attached hydrogen (secondary N) is 1. The van der Waals surface area contributed by atoms with Crippen LogP contribution >= 0.6 is 0 Å². The van der Waals surface area contributed by atoms with E-state index in [9.17, 15) is 5.11 Å². The summed E-state index contributed by atoms with van der Waals surface area (Å²) >= 11 is 0. The molecule has 1 aliphatic heterocycles. The minimum atomic E-state index is -0.207. The standard InChI is InChI=1S/C13H19NO3/c1-14-12(13(7-15)8-17-9-13)10-4-3-5-11(6-10)16-2/h3-6,12,14-15H,7-9H2,1-2H3. The number of hydrogen-bond acceptors (Lipinski definition) is 4. The van der Waals surface area contributed by atoms with E-state index in [1.807, 2.05) is 31.3 Å².